The Morgan fingerprint density at radius 1 is 1.21 bits per heavy atom. The summed E-state index contributed by atoms with van der Waals surface area (Å²) in [5.74, 6) is 1.07. The molecule has 0 spiro atoms. The first kappa shape index (κ1) is 16.2. The van der Waals surface area contributed by atoms with Crippen molar-refractivity contribution in [1.29, 1.82) is 0 Å². The van der Waals surface area contributed by atoms with Crippen molar-refractivity contribution in [3.8, 4) is 11.7 Å². The van der Waals surface area contributed by atoms with Crippen LogP contribution in [0.2, 0.25) is 5.02 Å². The van der Waals surface area contributed by atoms with Crippen molar-refractivity contribution >= 4 is 17.9 Å². The smallest absolute Gasteiger partial charge is 0.218 e. The Morgan fingerprint density at radius 2 is 2.08 bits per heavy atom. The van der Waals surface area contributed by atoms with E-state index >= 15 is 0 Å². The van der Waals surface area contributed by atoms with E-state index in [9.17, 15) is 4.79 Å². The van der Waals surface area contributed by atoms with Crippen LogP contribution >= 0.6 is 11.6 Å². The molecule has 0 saturated heterocycles. The molecule has 0 fully saturated rings. The Hall–Kier alpha value is -2.66. The summed E-state index contributed by atoms with van der Waals surface area (Å²) in [5, 5.41) is 4.95. The highest BCUT2D eigenvalue weighted by atomic mass is 35.5. The van der Waals surface area contributed by atoms with Crippen molar-refractivity contribution in [2.45, 2.75) is 20.0 Å². The quantitative estimate of drug-likeness (QED) is 0.638. The Kier molecular flexibility index (Phi) is 4.91. The number of rotatable bonds is 6. The van der Waals surface area contributed by atoms with Gasteiger partial charge in [-0.05, 0) is 35.7 Å². The Morgan fingerprint density at radius 3 is 2.83 bits per heavy atom. The van der Waals surface area contributed by atoms with Gasteiger partial charge < -0.3 is 4.74 Å². The largest absolute Gasteiger partial charge is 0.473 e. The summed E-state index contributed by atoms with van der Waals surface area (Å²) in [4.78, 5) is 15.1. The highest BCUT2D eigenvalue weighted by molar-refractivity contribution is 6.31. The minimum absolute atomic E-state index is 0.364. The third-order valence-electron chi connectivity index (χ3n) is 3.62. The van der Waals surface area contributed by atoms with Gasteiger partial charge >= 0.3 is 0 Å². The molecule has 1 aromatic carbocycles. The number of hydrogen-bond donors (Lipinski definition) is 0. The summed E-state index contributed by atoms with van der Waals surface area (Å²) in [6.45, 7) is 2.43. The van der Waals surface area contributed by atoms with Crippen molar-refractivity contribution in [2.24, 2.45) is 0 Å². The predicted octanol–water partition coefficient (Wildman–Crippen LogP) is 3.87. The van der Waals surface area contributed by atoms with Gasteiger partial charge in [0.05, 0.1) is 6.20 Å². The molecule has 24 heavy (non-hydrogen) atoms. The van der Waals surface area contributed by atoms with Crippen molar-refractivity contribution in [3.63, 3.8) is 0 Å². The van der Waals surface area contributed by atoms with E-state index < -0.39 is 0 Å². The first-order valence-corrected chi connectivity index (χ1v) is 7.94. The van der Waals surface area contributed by atoms with E-state index in [1.54, 1.807) is 35.3 Å². The molecule has 0 atom stereocenters. The van der Waals surface area contributed by atoms with E-state index in [2.05, 4.69) is 17.0 Å². The lowest BCUT2D eigenvalue weighted by Crippen LogP contribution is -2.05. The summed E-state index contributed by atoms with van der Waals surface area (Å²) >= 11 is 6.23. The van der Waals surface area contributed by atoms with Gasteiger partial charge in [0.15, 0.2) is 5.82 Å². The predicted molar refractivity (Wildman–Crippen MR) is 91.9 cm³/mol. The molecule has 0 amide bonds. The van der Waals surface area contributed by atoms with Crippen LogP contribution in [0.15, 0.2) is 48.8 Å². The molecule has 2 heterocycles. The number of hydrogen-bond acceptors (Lipinski definition) is 4. The second kappa shape index (κ2) is 7.27. The molecule has 122 valence electrons. The van der Waals surface area contributed by atoms with Gasteiger partial charge in [0.1, 0.15) is 12.9 Å². The number of nitrogens with zero attached hydrogens (tertiary/aromatic N) is 3. The number of aryl methyl sites for hydroxylation is 1. The molecule has 0 aliphatic rings. The van der Waals surface area contributed by atoms with Crippen molar-refractivity contribution in [2.75, 3.05) is 0 Å². The monoisotopic (exact) mass is 341 g/mol. The van der Waals surface area contributed by atoms with Crippen LogP contribution in [-0.2, 0) is 13.0 Å². The lowest BCUT2D eigenvalue weighted by Gasteiger charge is -2.10. The summed E-state index contributed by atoms with van der Waals surface area (Å²) < 4.78 is 7.38. The topological polar surface area (TPSA) is 57.0 Å². The average Bonchev–Trinajstić information content (AvgIpc) is 3.08. The van der Waals surface area contributed by atoms with Gasteiger partial charge in [0.2, 0.25) is 5.88 Å². The van der Waals surface area contributed by atoms with Crippen molar-refractivity contribution < 1.29 is 9.53 Å². The minimum Gasteiger partial charge on any atom is -0.473 e. The fourth-order valence-electron chi connectivity index (χ4n) is 2.32. The fourth-order valence-corrected chi connectivity index (χ4v) is 2.66. The van der Waals surface area contributed by atoms with Crippen LogP contribution in [0, 0.1) is 0 Å². The fraction of sp³-hybridized carbons (Fsp3) is 0.167. The summed E-state index contributed by atoms with van der Waals surface area (Å²) in [6, 6.07) is 10.9. The van der Waals surface area contributed by atoms with E-state index in [0.717, 1.165) is 28.9 Å². The Labute approximate surface area is 144 Å². The lowest BCUT2D eigenvalue weighted by molar-refractivity contribution is 0.112. The van der Waals surface area contributed by atoms with Crippen LogP contribution in [0.1, 0.15) is 28.4 Å². The molecule has 0 aliphatic heterocycles. The van der Waals surface area contributed by atoms with Gasteiger partial charge in [0.25, 0.3) is 0 Å². The van der Waals surface area contributed by atoms with Gasteiger partial charge in [-0.1, -0.05) is 30.7 Å². The Bertz CT molecular complexity index is 861. The van der Waals surface area contributed by atoms with E-state index in [4.69, 9.17) is 16.3 Å². The molecule has 0 aliphatic carbocycles. The average molecular weight is 342 g/mol. The van der Waals surface area contributed by atoms with Crippen LogP contribution in [-0.4, -0.2) is 21.1 Å². The van der Waals surface area contributed by atoms with Crippen molar-refractivity contribution in [3.05, 3.63) is 70.5 Å². The van der Waals surface area contributed by atoms with Crippen LogP contribution in [0.5, 0.6) is 5.88 Å². The second-order valence-electron chi connectivity index (χ2n) is 5.21. The maximum absolute atomic E-state index is 10.9. The molecule has 3 aromatic rings. The van der Waals surface area contributed by atoms with Crippen molar-refractivity contribution in [1.82, 2.24) is 14.8 Å². The lowest BCUT2D eigenvalue weighted by atomic mass is 10.1. The number of pyridine rings is 1. The molecule has 0 saturated carbocycles. The highest BCUT2D eigenvalue weighted by Gasteiger charge is 2.09. The SMILES string of the molecule is CCc1ccc(COc2ccnn2-c2cc(C=O)ccn2)cc1Cl. The molecule has 5 nitrogen and oxygen atoms in total. The van der Waals surface area contributed by atoms with E-state index in [1.807, 2.05) is 18.2 Å². The molecule has 6 heteroatoms. The van der Waals surface area contributed by atoms with E-state index in [-0.39, 0.29) is 0 Å². The van der Waals surface area contributed by atoms with E-state index in [1.165, 1.54) is 0 Å². The molecule has 0 N–H and O–H groups in total. The minimum atomic E-state index is 0.364. The zero-order valence-corrected chi connectivity index (χ0v) is 13.9. The molecule has 0 radical (unpaired) electrons. The standard InChI is InChI=1S/C18H16ClN3O2/c1-2-15-4-3-14(9-16(15)19)12-24-18-6-8-21-22(18)17-10-13(11-23)5-7-20-17/h3-11H,2,12H2,1H3. The molecule has 3 rings (SSSR count). The number of aldehydes is 1. The molecule has 0 unspecified atom stereocenters. The van der Waals surface area contributed by atoms with Gasteiger partial charge in [-0.25, -0.2) is 4.98 Å². The summed E-state index contributed by atoms with van der Waals surface area (Å²) in [5.41, 5.74) is 2.61. The zero-order chi connectivity index (χ0) is 16.9. The third-order valence-corrected chi connectivity index (χ3v) is 3.97. The number of ether oxygens (including phenoxy) is 1. The zero-order valence-electron chi connectivity index (χ0n) is 13.1. The Balaban J connectivity index is 1.78. The van der Waals surface area contributed by atoms with Crippen LogP contribution in [0.25, 0.3) is 5.82 Å². The first-order chi connectivity index (χ1) is 11.7. The van der Waals surface area contributed by atoms with Crippen LogP contribution in [0.3, 0.4) is 0 Å². The van der Waals surface area contributed by atoms with Crippen LogP contribution < -0.4 is 4.74 Å². The number of halogens is 1. The van der Waals surface area contributed by atoms with Gasteiger partial charge in [0, 0.05) is 22.8 Å². The molecular formula is C18H16ClN3O2. The van der Waals surface area contributed by atoms with Crippen LogP contribution in [0.4, 0.5) is 0 Å². The first-order valence-electron chi connectivity index (χ1n) is 7.57. The van der Waals surface area contributed by atoms with Gasteiger partial charge in [-0.3, -0.25) is 4.79 Å². The number of carbonyl (C=O) groups is 1. The number of benzene rings is 1. The molecule has 0 bridgehead atoms. The summed E-state index contributed by atoms with van der Waals surface area (Å²) in [7, 11) is 0. The molecular weight excluding hydrogens is 326 g/mol. The number of aromatic nitrogens is 3. The van der Waals surface area contributed by atoms with Gasteiger partial charge in [-0.2, -0.15) is 9.78 Å². The highest BCUT2D eigenvalue weighted by Crippen LogP contribution is 2.21. The maximum atomic E-state index is 10.9. The maximum Gasteiger partial charge on any atom is 0.218 e. The van der Waals surface area contributed by atoms with Gasteiger partial charge in [-0.15, -0.1) is 0 Å². The third kappa shape index (κ3) is 3.46. The second-order valence-corrected chi connectivity index (χ2v) is 5.62. The number of carbonyl (C=O) groups excluding carboxylic acids is 1. The molecule has 2 aromatic heterocycles. The normalized spacial score (nSPS) is 10.6. The summed E-state index contributed by atoms with van der Waals surface area (Å²) in [6.07, 6.45) is 4.85. The van der Waals surface area contributed by atoms with E-state index in [0.29, 0.717) is 23.9 Å².